The number of amides is 1. The summed E-state index contributed by atoms with van der Waals surface area (Å²) in [6, 6.07) is 7.07. The molecule has 0 bridgehead atoms. The first-order valence-corrected chi connectivity index (χ1v) is 12.9. The zero-order chi connectivity index (χ0) is 21.4. The summed E-state index contributed by atoms with van der Waals surface area (Å²) in [4.78, 5) is 14.2. The molecular formula is C23H36N3O3S+. The average Bonchev–Trinajstić information content (AvgIpc) is 3.04. The Kier molecular flexibility index (Phi) is 8.48. The second-order valence-electron chi connectivity index (χ2n) is 8.50. The molecule has 1 aromatic rings. The average molecular weight is 435 g/mol. The minimum Gasteiger partial charge on any atom is -0.349 e. The lowest BCUT2D eigenvalue weighted by Gasteiger charge is -2.29. The molecule has 0 radical (unpaired) electrons. The Balaban J connectivity index is 1.52. The van der Waals surface area contributed by atoms with Crippen LogP contribution in [-0.2, 0) is 14.8 Å². The number of nitrogens with zero attached hydrogens (tertiary/aromatic N) is 1. The molecule has 2 N–H and O–H groups in total. The van der Waals surface area contributed by atoms with Gasteiger partial charge in [-0.3, -0.25) is 4.79 Å². The maximum absolute atomic E-state index is 12.8. The Morgan fingerprint density at radius 3 is 2.33 bits per heavy atom. The third kappa shape index (κ3) is 6.40. The maximum atomic E-state index is 12.8. The van der Waals surface area contributed by atoms with E-state index in [-0.39, 0.29) is 11.9 Å². The second-order valence-corrected chi connectivity index (χ2v) is 10.4. The summed E-state index contributed by atoms with van der Waals surface area (Å²) in [5.41, 5.74) is 0.821. The fourth-order valence-corrected chi connectivity index (χ4v) is 5.89. The van der Waals surface area contributed by atoms with Crippen LogP contribution in [0.15, 0.2) is 35.2 Å². The number of carbonyl (C=O) groups excluding carboxylic acids is 1. The largest absolute Gasteiger partial charge is 0.349 e. The zero-order valence-electron chi connectivity index (χ0n) is 18.1. The summed E-state index contributed by atoms with van der Waals surface area (Å²) in [6.07, 6.45) is 10.6. The molecule has 0 saturated carbocycles. The van der Waals surface area contributed by atoms with E-state index in [0.29, 0.717) is 18.0 Å². The topological polar surface area (TPSA) is 70.9 Å². The van der Waals surface area contributed by atoms with Crippen molar-refractivity contribution >= 4 is 22.0 Å². The first-order chi connectivity index (χ1) is 14.5. The van der Waals surface area contributed by atoms with E-state index in [0.717, 1.165) is 57.2 Å². The number of likely N-dealkylation sites (tertiary alicyclic amines) is 1. The van der Waals surface area contributed by atoms with Gasteiger partial charge in [0.15, 0.2) is 0 Å². The Morgan fingerprint density at radius 2 is 1.73 bits per heavy atom. The monoisotopic (exact) mass is 434 g/mol. The number of carbonyl (C=O) groups is 1. The highest BCUT2D eigenvalue weighted by Crippen LogP contribution is 2.21. The van der Waals surface area contributed by atoms with Gasteiger partial charge < -0.3 is 10.2 Å². The number of hydrogen-bond acceptors (Lipinski definition) is 3. The smallest absolute Gasteiger partial charge is 0.244 e. The third-order valence-electron chi connectivity index (χ3n) is 6.15. The Bertz CT molecular complexity index is 805. The van der Waals surface area contributed by atoms with Crippen LogP contribution in [0.1, 0.15) is 57.4 Å². The number of sulfonamides is 1. The second kappa shape index (κ2) is 11.1. The van der Waals surface area contributed by atoms with Crippen molar-refractivity contribution in [1.29, 1.82) is 0 Å². The molecule has 2 saturated heterocycles. The van der Waals surface area contributed by atoms with E-state index in [9.17, 15) is 13.2 Å². The summed E-state index contributed by atoms with van der Waals surface area (Å²) >= 11 is 0. The van der Waals surface area contributed by atoms with E-state index in [1.54, 1.807) is 45.6 Å². The molecular weight excluding hydrogens is 398 g/mol. The summed E-state index contributed by atoms with van der Waals surface area (Å²) < 4.78 is 27.3. The molecule has 2 aliphatic rings. The van der Waals surface area contributed by atoms with Crippen molar-refractivity contribution in [2.24, 2.45) is 0 Å². The highest BCUT2D eigenvalue weighted by atomic mass is 32.2. The molecule has 2 fully saturated rings. The predicted molar refractivity (Wildman–Crippen MR) is 120 cm³/mol. The van der Waals surface area contributed by atoms with Gasteiger partial charge in [-0.15, -0.1) is 0 Å². The lowest BCUT2D eigenvalue weighted by molar-refractivity contribution is -0.905. The summed E-state index contributed by atoms with van der Waals surface area (Å²) in [5, 5.41) is 3.09. The van der Waals surface area contributed by atoms with E-state index in [2.05, 4.69) is 12.2 Å². The van der Waals surface area contributed by atoms with Crippen molar-refractivity contribution in [2.45, 2.75) is 62.8 Å². The molecule has 2 heterocycles. The Hall–Kier alpha value is -1.70. The molecule has 6 nitrogen and oxygen atoms in total. The van der Waals surface area contributed by atoms with Crippen LogP contribution in [0.4, 0.5) is 0 Å². The minimum absolute atomic E-state index is 0.0831. The van der Waals surface area contributed by atoms with Crippen LogP contribution in [-0.4, -0.2) is 57.4 Å². The van der Waals surface area contributed by atoms with Gasteiger partial charge in [0.05, 0.1) is 24.5 Å². The molecule has 30 heavy (non-hydrogen) atoms. The molecule has 2 aliphatic heterocycles. The molecule has 0 spiro atoms. The molecule has 0 aromatic heterocycles. The quantitative estimate of drug-likeness (QED) is 0.644. The normalized spacial score (nSPS) is 23.9. The van der Waals surface area contributed by atoms with E-state index in [4.69, 9.17) is 0 Å². The predicted octanol–water partition coefficient (Wildman–Crippen LogP) is 1.84. The Labute approximate surface area is 181 Å². The fraction of sp³-hybridized carbons (Fsp3) is 0.609. The molecule has 7 heteroatoms. The molecule has 166 valence electrons. The van der Waals surface area contributed by atoms with Crippen LogP contribution in [0.2, 0.25) is 0 Å². The van der Waals surface area contributed by atoms with Gasteiger partial charge in [-0.05, 0) is 43.0 Å². The van der Waals surface area contributed by atoms with Crippen molar-refractivity contribution in [2.75, 3.05) is 32.7 Å². The van der Waals surface area contributed by atoms with Gasteiger partial charge in [-0.25, -0.2) is 8.42 Å². The number of hydrogen-bond donors (Lipinski definition) is 2. The SMILES string of the molecule is CCC[NH+]1CCC(NC(=O)/C=C/c2ccc(S(=O)(=O)N3CCCCCC3)cc2)CC1. The lowest BCUT2D eigenvalue weighted by atomic mass is 10.0. The number of benzene rings is 1. The van der Waals surface area contributed by atoms with Crippen LogP contribution in [0.3, 0.4) is 0 Å². The molecule has 1 aromatic carbocycles. The van der Waals surface area contributed by atoms with Crippen molar-refractivity contribution in [3.8, 4) is 0 Å². The summed E-state index contributed by atoms with van der Waals surface area (Å²) in [6.45, 7) is 6.86. The highest BCUT2D eigenvalue weighted by molar-refractivity contribution is 7.89. The fourth-order valence-electron chi connectivity index (χ4n) is 4.38. The van der Waals surface area contributed by atoms with Gasteiger partial charge >= 0.3 is 0 Å². The first-order valence-electron chi connectivity index (χ1n) is 11.4. The van der Waals surface area contributed by atoms with Gasteiger partial charge in [0.2, 0.25) is 15.9 Å². The molecule has 0 unspecified atom stereocenters. The number of nitrogens with one attached hydrogen (secondary N) is 2. The summed E-state index contributed by atoms with van der Waals surface area (Å²) in [5.74, 6) is -0.0831. The van der Waals surface area contributed by atoms with E-state index in [1.165, 1.54) is 13.0 Å². The van der Waals surface area contributed by atoms with E-state index < -0.39 is 10.0 Å². The lowest BCUT2D eigenvalue weighted by Crippen LogP contribution is -3.13. The van der Waals surface area contributed by atoms with Gasteiger partial charge in [-0.1, -0.05) is 31.9 Å². The Morgan fingerprint density at radius 1 is 1.10 bits per heavy atom. The van der Waals surface area contributed by atoms with E-state index >= 15 is 0 Å². The van der Waals surface area contributed by atoms with Gasteiger partial charge in [0.1, 0.15) is 0 Å². The standard InChI is InChI=1S/C23H35N3O3S/c1-2-15-25-18-13-21(14-19-25)24-23(27)12-9-20-7-10-22(11-8-20)30(28,29)26-16-5-3-4-6-17-26/h7-12,21H,2-6,13-19H2,1H3,(H,24,27)/p+1/b12-9+. The van der Waals surface area contributed by atoms with Crippen molar-refractivity contribution in [3.63, 3.8) is 0 Å². The van der Waals surface area contributed by atoms with E-state index in [1.807, 2.05) is 0 Å². The molecule has 0 aliphatic carbocycles. The van der Waals surface area contributed by atoms with Crippen molar-refractivity contribution in [1.82, 2.24) is 9.62 Å². The molecule has 1 amide bonds. The minimum atomic E-state index is -3.43. The molecule has 3 rings (SSSR count). The third-order valence-corrected chi connectivity index (χ3v) is 8.07. The number of quaternary nitrogens is 1. The number of rotatable bonds is 7. The van der Waals surface area contributed by atoms with Crippen LogP contribution < -0.4 is 10.2 Å². The van der Waals surface area contributed by atoms with Crippen LogP contribution in [0, 0.1) is 0 Å². The van der Waals surface area contributed by atoms with Gasteiger partial charge in [-0.2, -0.15) is 4.31 Å². The zero-order valence-corrected chi connectivity index (χ0v) is 18.9. The van der Waals surface area contributed by atoms with Gasteiger partial charge in [0, 0.05) is 38.0 Å². The summed E-state index contributed by atoms with van der Waals surface area (Å²) in [7, 11) is -3.43. The van der Waals surface area contributed by atoms with Gasteiger partial charge in [0.25, 0.3) is 0 Å². The number of piperidine rings is 1. The highest BCUT2D eigenvalue weighted by Gasteiger charge is 2.25. The first kappa shape index (κ1) is 23.0. The van der Waals surface area contributed by atoms with Crippen LogP contribution in [0.25, 0.3) is 6.08 Å². The van der Waals surface area contributed by atoms with Crippen LogP contribution in [0.5, 0.6) is 0 Å². The van der Waals surface area contributed by atoms with Crippen LogP contribution >= 0.6 is 0 Å². The molecule has 0 atom stereocenters. The van der Waals surface area contributed by atoms with Crippen molar-refractivity contribution in [3.05, 3.63) is 35.9 Å². The maximum Gasteiger partial charge on any atom is 0.244 e. The van der Waals surface area contributed by atoms with Crippen molar-refractivity contribution < 1.29 is 18.1 Å².